The van der Waals surface area contributed by atoms with Gasteiger partial charge in [-0.3, -0.25) is 0 Å². The Hall–Kier alpha value is -1.68. The van der Waals surface area contributed by atoms with Crippen molar-refractivity contribution in [3.05, 3.63) is 35.7 Å². The predicted octanol–water partition coefficient (Wildman–Crippen LogP) is 3.08. The van der Waals surface area contributed by atoms with Gasteiger partial charge in [0, 0.05) is 11.6 Å². The van der Waals surface area contributed by atoms with Gasteiger partial charge < -0.3 is 9.73 Å². The van der Waals surface area contributed by atoms with Crippen LogP contribution < -0.4 is 5.32 Å². The molecule has 4 nitrogen and oxygen atoms in total. The summed E-state index contributed by atoms with van der Waals surface area (Å²) in [5.74, 6) is 1.27. The third-order valence-corrected chi connectivity index (χ3v) is 3.66. The summed E-state index contributed by atoms with van der Waals surface area (Å²) in [6.45, 7) is 2.73. The largest absolute Gasteiger partial charge is 0.419 e. The molecule has 0 aliphatic heterocycles. The zero-order chi connectivity index (χ0) is 13.1. The quantitative estimate of drug-likeness (QED) is 0.914. The first-order valence-electron chi connectivity index (χ1n) is 6.94. The molecule has 1 heterocycles. The summed E-state index contributed by atoms with van der Waals surface area (Å²) < 4.78 is 5.68. The lowest BCUT2D eigenvalue weighted by atomic mass is 10.1. The van der Waals surface area contributed by atoms with Crippen molar-refractivity contribution < 1.29 is 4.42 Å². The van der Waals surface area contributed by atoms with E-state index in [9.17, 15) is 0 Å². The Morgan fingerprint density at radius 2 is 1.89 bits per heavy atom. The van der Waals surface area contributed by atoms with Crippen LogP contribution in [-0.2, 0) is 6.54 Å². The second kappa shape index (κ2) is 5.53. The van der Waals surface area contributed by atoms with Crippen LogP contribution in [-0.4, -0.2) is 16.2 Å². The van der Waals surface area contributed by atoms with Crippen LogP contribution in [0.15, 0.2) is 28.7 Å². The van der Waals surface area contributed by atoms with Gasteiger partial charge in [-0.2, -0.15) is 0 Å². The highest BCUT2D eigenvalue weighted by atomic mass is 16.4. The van der Waals surface area contributed by atoms with E-state index in [4.69, 9.17) is 4.42 Å². The molecule has 0 atom stereocenters. The predicted molar refractivity (Wildman–Crippen MR) is 73.6 cm³/mol. The minimum atomic E-state index is 0.600. The van der Waals surface area contributed by atoms with Gasteiger partial charge in [0.1, 0.15) is 0 Å². The number of nitrogens with one attached hydrogen (secondary N) is 1. The lowest BCUT2D eigenvalue weighted by Gasteiger charge is -2.08. The van der Waals surface area contributed by atoms with Gasteiger partial charge in [-0.25, -0.2) is 0 Å². The Kier molecular flexibility index (Phi) is 3.60. The van der Waals surface area contributed by atoms with Crippen molar-refractivity contribution in [3.8, 4) is 11.5 Å². The van der Waals surface area contributed by atoms with Gasteiger partial charge in [0.25, 0.3) is 0 Å². The summed E-state index contributed by atoms with van der Waals surface area (Å²) in [6.07, 6.45) is 5.18. The third kappa shape index (κ3) is 3.01. The lowest BCUT2D eigenvalue weighted by molar-refractivity contribution is 0.440. The Bertz CT molecular complexity index is 527. The molecule has 0 spiro atoms. The summed E-state index contributed by atoms with van der Waals surface area (Å²) in [5, 5.41) is 11.7. The van der Waals surface area contributed by atoms with Crippen LogP contribution in [0, 0.1) is 6.92 Å². The highest BCUT2D eigenvalue weighted by Crippen LogP contribution is 2.20. The van der Waals surface area contributed by atoms with Crippen molar-refractivity contribution in [3.63, 3.8) is 0 Å². The number of hydrogen-bond acceptors (Lipinski definition) is 4. The molecular weight excluding hydrogens is 238 g/mol. The number of aryl methyl sites for hydroxylation is 1. The van der Waals surface area contributed by atoms with Gasteiger partial charge in [0.2, 0.25) is 11.8 Å². The molecule has 1 fully saturated rings. The van der Waals surface area contributed by atoms with E-state index < -0.39 is 0 Å². The molecule has 4 heteroatoms. The van der Waals surface area contributed by atoms with E-state index in [-0.39, 0.29) is 0 Å². The van der Waals surface area contributed by atoms with Crippen LogP contribution in [0.5, 0.6) is 0 Å². The van der Waals surface area contributed by atoms with Crippen molar-refractivity contribution in [1.29, 1.82) is 0 Å². The van der Waals surface area contributed by atoms with Crippen molar-refractivity contribution in [2.24, 2.45) is 0 Å². The third-order valence-electron chi connectivity index (χ3n) is 3.66. The number of aromatic nitrogens is 2. The van der Waals surface area contributed by atoms with Gasteiger partial charge in [0.15, 0.2) is 0 Å². The van der Waals surface area contributed by atoms with Crippen LogP contribution >= 0.6 is 0 Å². The van der Waals surface area contributed by atoms with E-state index in [1.165, 1.54) is 31.2 Å². The number of hydrogen-bond donors (Lipinski definition) is 1. The maximum atomic E-state index is 5.68. The van der Waals surface area contributed by atoms with Gasteiger partial charge in [-0.15, -0.1) is 10.2 Å². The first kappa shape index (κ1) is 12.4. The Morgan fingerprint density at radius 3 is 2.63 bits per heavy atom. The monoisotopic (exact) mass is 257 g/mol. The topological polar surface area (TPSA) is 51.0 Å². The van der Waals surface area contributed by atoms with Gasteiger partial charge >= 0.3 is 0 Å². The number of rotatable bonds is 4. The average Bonchev–Trinajstić information content (AvgIpc) is 3.09. The molecule has 1 aliphatic rings. The van der Waals surface area contributed by atoms with E-state index in [1.807, 2.05) is 12.1 Å². The van der Waals surface area contributed by atoms with E-state index in [0.717, 1.165) is 5.56 Å². The van der Waals surface area contributed by atoms with Crippen molar-refractivity contribution in [1.82, 2.24) is 15.5 Å². The second-order valence-corrected chi connectivity index (χ2v) is 5.23. The molecular formula is C15H19N3O. The molecule has 19 heavy (non-hydrogen) atoms. The minimum Gasteiger partial charge on any atom is -0.419 e. The fourth-order valence-electron chi connectivity index (χ4n) is 2.50. The Balaban J connectivity index is 1.63. The molecule has 0 unspecified atom stereocenters. The molecule has 1 aromatic heterocycles. The van der Waals surface area contributed by atoms with E-state index in [1.54, 1.807) is 0 Å². The molecule has 100 valence electrons. The van der Waals surface area contributed by atoms with E-state index >= 15 is 0 Å². The van der Waals surface area contributed by atoms with Crippen LogP contribution in [0.1, 0.15) is 37.1 Å². The maximum Gasteiger partial charge on any atom is 0.247 e. The standard InChI is InChI=1S/C15H19N3O/c1-11-6-8-12(9-7-11)15-18-17-14(19-15)10-16-13-4-2-3-5-13/h6-9,13,16H,2-5,10H2,1H3. The zero-order valence-electron chi connectivity index (χ0n) is 11.2. The molecule has 0 radical (unpaired) electrons. The fraction of sp³-hybridized carbons (Fsp3) is 0.467. The Morgan fingerprint density at radius 1 is 1.16 bits per heavy atom. The molecule has 1 N–H and O–H groups in total. The molecule has 0 amide bonds. The molecule has 1 aromatic carbocycles. The highest BCUT2D eigenvalue weighted by Gasteiger charge is 2.15. The normalized spacial score (nSPS) is 16.1. The fourth-order valence-corrected chi connectivity index (χ4v) is 2.50. The van der Waals surface area contributed by atoms with Gasteiger partial charge in [-0.05, 0) is 31.9 Å². The van der Waals surface area contributed by atoms with Gasteiger partial charge in [0.05, 0.1) is 6.54 Å². The molecule has 3 rings (SSSR count). The molecule has 1 saturated carbocycles. The Labute approximate surface area is 113 Å². The molecule has 1 aliphatic carbocycles. The van der Waals surface area contributed by atoms with Gasteiger partial charge in [-0.1, -0.05) is 30.5 Å². The number of nitrogens with zero attached hydrogens (tertiary/aromatic N) is 2. The van der Waals surface area contributed by atoms with Crippen molar-refractivity contribution >= 4 is 0 Å². The summed E-state index contributed by atoms with van der Waals surface area (Å²) >= 11 is 0. The second-order valence-electron chi connectivity index (χ2n) is 5.23. The van der Waals surface area contributed by atoms with Crippen LogP contribution in [0.25, 0.3) is 11.5 Å². The molecule has 0 bridgehead atoms. The summed E-state index contributed by atoms with van der Waals surface area (Å²) in [4.78, 5) is 0. The smallest absolute Gasteiger partial charge is 0.247 e. The average molecular weight is 257 g/mol. The number of benzene rings is 1. The summed E-state index contributed by atoms with van der Waals surface area (Å²) in [7, 11) is 0. The molecule has 0 saturated heterocycles. The van der Waals surface area contributed by atoms with E-state index in [0.29, 0.717) is 24.4 Å². The molecule has 2 aromatic rings. The highest BCUT2D eigenvalue weighted by molar-refractivity contribution is 5.52. The first-order valence-corrected chi connectivity index (χ1v) is 6.94. The zero-order valence-corrected chi connectivity index (χ0v) is 11.2. The van der Waals surface area contributed by atoms with Crippen LogP contribution in [0.4, 0.5) is 0 Å². The first-order chi connectivity index (χ1) is 9.31. The van der Waals surface area contributed by atoms with E-state index in [2.05, 4.69) is 34.6 Å². The van der Waals surface area contributed by atoms with Crippen LogP contribution in [0.2, 0.25) is 0 Å². The van der Waals surface area contributed by atoms with Crippen molar-refractivity contribution in [2.75, 3.05) is 0 Å². The summed E-state index contributed by atoms with van der Waals surface area (Å²) in [6, 6.07) is 8.75. The van der Waals surface area contributed by atoms with Crippen LogP contribution in [0.3, 0.4) is 0 Å². The van der Waals surface area contributed by atoms with Crippen molar-refractivity contribution in [2.45, 2.75) is 45.2 Å². The lowest BCUT2D eigenvalue weighted by Crippen LogP contribution is -2.25. The minimum absolute atomic E-state index is 0.600. The maximum absolute atomic E-state index is 5.68. The SMILES string of the molecule is Cc1ccc(-c2nnc(CNC3CCCC3)o2)cc1. The summed E-state index contributed by atoms with van der Waals surface area (Å²) in [5.41, 5.74) is 2.21.